The zero-order valence-electron chi connectivity index (χ0n) is 73.5. The number of hydrogen-bond donors (Lipinski definition) is 10. The zero-order valence-corrected chi connectivity index (χ0v) is 80.6. The quantitative estimate of drug-likeness (QED) is 0.0211. The molecule has 0 saturated carbocycles. The number of alkyl halides is 9. The van der Waals surface area contributed by atoms with Crippen LogP contribution in [0.3, 0.4) is 0 Å². The third-order valence-corrected chi connectivity index (χ3v) is 24.4. The Morgan fingerprint density at radius 2 is 0.650 bits per heavy atom. The number of nitrogens with two attached hydrogens (primary N) is 4. The van der Waals surface area contributed by atoms with Gasteiger partial charge in [-0.15, -0.1) is 0 Å². The summed E-state index contributed by atoms with van der Waals surface area (Å²) in [6.07, 6.45) is 0.715. The van der Waals surface area contributed by atoms with Gasteiger partial charge >= 0.3 is 36.6 Å². The van der Waals surface area contributed by atoms with E-state index < -0.39 is 87.8 Å². The van der Waals surface area contributed by atoms with Gasteiger partial charge in [0, 0.05) is 138 Å². The minimum absolute atomic E-state index is 0.0287. The molecule has 20 rings (SSSR count). The lowest BCUT2D eigenvalue weighted by Gasteiger charge is -2.14. The number of fused-ring (bicyclic) bond motifs is 7. The lowest BCUT2D eigenvalue weighted by Crippen LogP contribution is -2.23. The van der Waals surface area contributed by atoms with Gasteiger partial charge in [0.1, 0.15) is 45.9 Å². The van der Waals surface area contributed by atoms with Crippen molar-refractivity contribution in [3.8, 4) is 33.4 Å². The number of nitrogen functional groups attached to an aromatic ring is 4. The molecular formula is C105H72Br4ClF12N17O4. The van der Waals surface area contributed by atoms with Crippen LogP contribution in [0.25, 0.3) is 109 Å². The Labute approximate surface area is 844 Å². The van der Waals surface area contributed by atoms with Crippen LogP contribution in [0.15, 0.2) is 371 Å². The molecule has 0 aliphatic heterocycles. The summed E-state index contributed by atoms with van der Waals surface area (Å²) >= 11 is 19.7. The number of urea groups is 3. The standard InChI is InChI=1S/C31H19F8N5O2.C23H16F4N4O.C15H13N3.C9H5BrClN.C9H7BrN2.C9H6BrNO.C9H6BrN/c32-23-10-6-17(30(34,35)36)14-25(23)42-28(45)41-19-8-4-16(5-9-19)20-2-1-3-22-21(20)12-13-40-27(22)44-29(46)43-26-15-18(31(37,38)39)7-11-24(26)33;24-19-9-6-14(23(25,26)27)12-20(19)31-22(32)30-15-7-4-13(5-8-15)16-2-1-3-18-17(16)10-11-29-21(18)28;16-11-6-4-10(5-7-11)12-2-1-3-14-13(12)8-9-18-15(14)17;2*10-8-3-1-2-7-6(8)4-5-12-9(7)11;10-9-3-1-2-7-6-11(12)5-4-8(7)9;10-9-3-1-2-7-6-11-5-4-8(7)9/h1-15H,(H2,41,42,45)(H2,40,43,44,46);1-12H,(H2,28,29)(H2,30,31,32);1-9H,16H2,(H2,17,18);1-5H;1-5H,(H2,11,12);1-6H;1-6H. The second-order valence-corrected chi connectivity index (χ2v) is 34.5. The van der Waals surface area contributed by atoms with Crippen molar-refractivity contribution in [3.05, 3.63) is 415 Å². The molecule has 0 spiro atoms. The Hall–Kier alpha value is -16.1. The predicted molar refractivity (Wildman–Crippen MR) is 555 cm³/mol. The molecule has 720 valence electrons. The fourth-order valence-electron chi connectivity index (χ4n) is 14.5. The molecule has 0 unspecified atom stereocenters. The maximum atomic E-state index is 14.1. The van der Waals surface area contributed by atoms with E-state index in [9.17, 15) is 72.3 Å². The summed E-state index contributed by atoms with van der Waals surface area (Å²) in [6, 6.07) is 76.5. The molecule has 20 aromatic rings. The summed E-state index contributed by atoms with van der Waals surface area (Å²) in [5.41, 5.74) is 24.7. The number of carbonyl (C=O) groups is 3. The molecule has 7 aromatic heterocycles. The molecule has 14 N–H and O–H groups in total. The number of nitrogens with zero attached hydrogens (tertiary/aromatic N) is 7. The molecule has 0 saturated heterocycles. The Bertz CT molecular complexity index is 7930. The average Bonchev–Trinajstić information content (AvgIpc) is 0.806. The summed E-state index contributed by atoms with van der Waals surface area (Å²) in [7, 11) is 0. The molecular weight excluding hydrogens is 2150 g/mol. The zero-order chi connectivity index (χ0) is 102. The van der Waals surface area contributed by atoms with Crippen molar-refractivity contribution >= 4 is 226 Å². The van der Waals surface area contributed by atoms with Gasteiger partial charge in [-0.25, -0.2) is 52.5 Å². The first-order chi connectivity index (χ1) is 68.4. The van der Waals surface area contributed by atoms with Crippen molar-refractivity contribution in [2.24, 2.45) is 0 Å². The van der Waals surface area contributed by atoms with E-state index >= 15 is 0 Å². The van der Waals surface area contributed by atoms with Gasteiger partial charge in [0.2, 0.25) is 0 Å². The number of benzene rings is 13. The highest BCUT2D eigenvalue weighted by Crippen LogP contribution is 2.40. The molecule has 21 nitrogen and oxygen atoms in total. The summed E-state index contributed by atoms with van der Waals surface area (Å²) in [6.45, 7) is 0. The number of nitrogens with one attached hydrogen (secondary N) is 6. The van der Waals surface area contributed by atoms with E-state index in [1.807, 2.05) is 169 Å². The van der Waals surface area contributed by atoms with Gasteiger partial charge in [0.15, 0.2) is 12.4 Å². The molecule has 0 atom stereocenters. The number of hydrogen-bond acceptors (Lipinski definition) is 14. The highest BCUT2D eigenvalue weighted by Gasteiger charge is 2.34. The monoisotopic (exact) mass is 2210 g/mol. The molecule has 0 aliphatic carbocycles. The summed E-state index contributed by atoms with van der Waals surface area (Å²) in [5.74, 6) is -1.53. The van der Waals surface area contributed by atoms with E-state index in [4.69, 9.17) is 34.5 Å². The second-order valence-electron chi connectivity index (χ2n) is 30.7. The van der Waals surface area contributed by atoms with Crippen molar-refractivity contribution in [1.82, 2.24) is 29.9 Å². The Kier molecular flexibility index (Phi) is 33.0. The van der Waals surface area contributed by atoms with E-state index in [0.717, 1.165) is 104 Å². The number of rotatable bonds is 9. The predicted octanol–water partition coefficient (Wildman–Crippen LogP) is 30.3. The van der Waals surface area contributed by atoms with E-state index in [1.165, 1.54) is 35.3 Å². The summed E-state index contributed by atoms with van der Waals surface area (Å²) in [4.78, 5) is 61.5. The molecule has 0 fully saturated rings. The smallest absolute Gasteiger partial charge is 0.416 e. The van der Waals surface area contributed by atoms with Crippen LogP contribution in [0.4, 0.5) is 124 Å². The number of anilines is 10. The highest BCUT2D eigenvalue weighted by molar-refractivity contribution is 9.11. The van der Waals surface area contributed by atoms with E-state index in [0.29, 0.717) is 105 Å². The van der Waals surface area contributed by atoms with Gasteiger partial charge < -0.3 is 54.7 Å². The second kappa shape index (κ2) is 45.9. The summed E-state index contributed by atoms with van der Waals surface area (Å²) in [5, 5.41) is 38.3. The van der Waals surface area contributed by atoms with Crippen LogP contribution in [-0.4, -0.2) is 48.0 Å². The first-order valence-corrected chi connectivity index (χ1v) is 45.7. The first kappa shape index (κ1) is 103. The number of carbonyl (C=O) groups excluding carboxylic acids is 3. The molecule has 143 heavy (non-hydrogen) atoms. The minimum atomic E-state index is -4.75. The van der Waals surface area contributed by atoms with E-state index in [1.54, 1.807) is 104 Å². The van der Waals surface area contributed by atoms with Crippen molar-refractivity contribution in [2.75, 3.05) is 54.8 Å². The van der Waals surface area contributed by atoms with Crippen molar-refractivity contribution in [3.63, 3.8) is 0 Å². The van der Waals surface area contributed by atoms with Crippen LogP contribution in [0.1, 0.15) is 16.7 Å². The first-order valence-electron chi connectivity index (χ1n) is 42.2. The summed E-state index contributed by atoms with van der Waals surface area (Å²) < 4.78 is 163. The van der Waals surface area contributed by atoms with Crippen LogP contribution < -0.4 is 59.6 Å². The lowest BCUT2D eigenvalue weighted by atomic mass is 9.99. The Morgan fingerprint density at radius 3 is 1.06 bits per heavy atom. The van der Waals surface area contributed by atoms with Crippen LogP contribution in [0.2, 0.25) is 5.15 Å². The topological polar surface area (TPSA) is 332 Å². The van der Waals surface area contributed by atoms with Crippen molar-refractivity contribution in [1.29, 1.82) is 0 Å². The number of halogens is 17. The van der Waals surface area contributed by atoms with E-state index in [2.05, 4.69) is 126 Å². The SMILES string of the molecule is Brc1cccc2cnccc12.Clc1nccc2c(Br)cccc12.Nc1ccc(-c2cccc3c(N)nccc23)cc1.Nc1nccc2c(-c3ccc(NC(=O)Nc4cc(C(F)(F)F)ccc4F)cc3)cccc12.Nc1nccc2c(Br)cccc12.O=C(Nc1ccc(-c2cccc3c(NC(=O)Nc4cc(C(F)(F)F)ccc4F)nccc23)cc1)Nc1cc(C(F)(F)F)ccc1F.[O-][n+]1ccc2c(Br)cccc2c1. The van der Waals surface area contributed by atoms with Crippen molar-refractivity contribution < 1.29 is 71.8 Å². The molecule has 7 heterocycles. The molecule has 0 radical (unpaired) electrons. The fraction of sp³-hybridized carbons (Fsp3) is 0.0286. The van der Waals surface area contributed by atoms with E-state index in [-0.39, 0.29) is 11.5 Å². The number of amides is 6. The third kappa shape index (κ3) is 26.3. The van der Waals surface area contributed by atoms with Gasteiger partial charge in [0.25, 0.3) is 0 Å². The van der Waals surface area contributed by atoms with Gasteiger partial charge in [0.05, 0.1) is 33.8 Å². The molecule has 13 aromatic carbocycles. The number of pyridine rings is 7. The lowest BCUT2D eigenvalue weighted by molar-refractivity contribution is -0.603. The van der Waals surface area contributed by atoms with Gasteiger partial charge in [-0.05, 0) is 213 Å². The molecule has 6 amide bonds. The van der Waals surface area contributed by atoms with Gasteiger partial charge in [-0.3, -0.25) is 10.3 Å². The van der Waals surface area contributed by atoms with Crippen LogP contribution in [-0.2, 0) is 18.5 Å². The molecule has 0 aliphatic rings. The minimum Gasteiger partial charge on any atom is -0.619 e. The molecule has 38 heteroatoms. The van der Waals surface area contributed by atoms with Crippen LogP contribution in [0.5, 0.6) is 0 Å². The average molecular weight is 2220 g/mol. The van der Waals surface area contributed by atoms with Crippen LogP contribution in [0, 0.1) is 22.7 Å². The maximum absolute atomic E-state index is 14.1. The van der Waals surface area contributed by atoms with Crippen molar-refractivity contribution in [2.45, 2.75) is 18.5 Å². The third-order valence-electron chi connectivity index (χ3n) is 21.3. The van der Waals surface area contributed by atoms with Gasteiger partial charge in [-0.2, -0.15) is 44.2 Å². The highest BCUT2D eigenvalue weighted by atomic mass is 79.9. The Balaban J connectivity index is 0.000000143. The fourth-order valence-corrected chi connectivity index (χ4v) is 16.7. The Morgan fingerprint density at radius 1 is 0.322 bits per heavy atom. The largest absolute Gasteiger partial charge is 0.619 e. The van der Waals surface area contributed by atoms with Crippen LogP contribution >= 0.6 is 75.3 Å². The number of aromatic nitrogens is 7. The normalized spacial score (nSPS) is 11.1. The van der Waals surface area contributed by atoms with Gasteiger partial charge in [-0.1, -0.05) is 209 Å². The maximum Gasteiger partial charge on any atom is 0.416 e. The molecule has 0 bridgehead atoms.